The van der Waals surface area contributed by atoms with E-state index in [9.17, 15) is 22.8 Å². The minimum atomic E-state index is -4.54. The molecule has 2 aromatic heterocycles. The monoisotopic (exact) mass is 399 g/mol. The summed E-state index contributed by atoms with van der Waals surface area (Å²) in [6, 6.07) is 2.25. The first-order valence-electron chi connectivity index (χ1n) is 8.70. The van der Waals surface area contributed by atoms with Crippen molar-refractivity contribution in [2.75, 3.05) is 7.05 Å². The number of fused-ring (bicyclic) bond motifs is 1. The number of hydrogen-bond donors (Lipinski definition) is 2. The van der Waals surface area contributed by atoms with E-state index in [1.54, 1.807) is 6.92 Å². The molecule has 0 radical (unpaired) electrons. The van der Waals surface area contributed by atoms with Crippen LogP contribution in [0.2, 0.25) is 0 Å². The number of nitrogens with zero attached hydrogens (tertiary/aromatic N) is 1. The normalized spacial score (nSPS) is 16.9. The largest absolute Gasteiger partial charge is 0.433 e. The number of amides is 2. The number of carbonyl (C=O) groups excluding carboxylic acids is 2. The molecule has 9 heteroatoms. The van der Waals surface area contributed by atoms with E-state index in [-0.39, 0.29) is 15.6 Å². The molecular weight excluding hydrogens is 379 g/mol. The van der Waals surface area contributed by atoms with Gasteiger partial charge in [-0.3, -0.25) is 9.59 Å². The maximum atomic E-state index is 12.9. The molecule has 146 valence electrons. The summed E-state index contributed by atoms with van der Waals surface area (Å²) in [7, 11) is 1.53. The molecule has 2 heterocycles. The molecule has 2 N–H and O–H groups in total. The van der Waals surface area contributed by atoms with E-state index in [0.717, 1.165) is 36.7 Å². The Morgan fingerprint density at radius 2 is 1.85 bits per heavy atom. The van der Waals surface area contributed by atoms with Gasteiger partial charge >= 0.3 is 6.18 Å². The highest BCUT2D eigenvalue weighted by atomic mass is 32.1. The second kappa shape index (κ2) is 7.10. The molecule has 2 amide bonds. The number of thiophene rings is 1. The van der Waals surface area contributed by atoms with Crippen molar-refractivity contribution in [3.05, 3.63) is 28.3 Å². The van der Waals surface area contributed by atoms with Gasteiger partial charge in [0.1, 0.15) is 16.1 Å². The lowest BCUT2D eigenvalue weighted by Crippen LogP contribution is -2.59. The molecule has 3 rings (SSSR count). The fourth-order valence-electron chi connectivity index (χ4n) is 3.55. The molecule has 5 nitrogen and oxygen atoms in total. The third-order valence-electron chi connectivity index (χ3n) is 5.02. The number of aryl methyl sites for hydroxylation is 1. The molecule has 0 aliphatic heterocycles. The van der Waals surface area contributed by atoms with E-state index in [2.05, 4.69) is 15.6 Å². The summed E-state index contributed by atoms with van der Waals surface area (Å²) >= 11 is 0.914. The maximum absolute atomic E-state index is 12.9. The highest BCUT2D eigenvalue weighted by Crippen LogP contribution is 2.35. The number of aromatic nitrogens is 1. The van der Waals surface area contributed by atoms with Gasteiger partial charge in [0.05, 0.1) is 4.88 Å². The van der Waals surface area contributed by atoms with E-state index in [1.165, 1.54) is 13.1 Å². The number of pyridine rings is 1. The van der Waals surface area contributed by atoms with Crippen LogP contribution in [0.1, 0.15) is 53.0 Å². The first kappa shape index (κ1) is 19.6. The molecule has 0 aromatic carbocycles. The maximum Gasteiger partial charge on any atom is 0.433 e. The first-order chi connectivity index (χ1) is 12.7. The van der Waals surface area contributed by atoms with Gasteiger partial charge in [0.15, 0.2) is 0 Å². The molecule has 1 saturated carbocycles. The van der Waals surface area contributed by atoms with Crippen LogP contribution in [-0.2, 0) is 11.0 Å². The van der Waals surface area contributed by atoms with Gasteiger partial charge in [0.2, 0.25) is 5.91 Å². The number of carbonyl (C=O) groups is 2. The number of rotatable bonds is 3. The van der Waals surface area contributed by atoms with Crippen LogP contribution in [0.4, 0.5) is 13.2 Å². The summed E-state index contributed by atoms with van der Waals surface area (Å²) < 4.78 is 38.7. The summed E-state index contributed by atoms with van der Waals surface area (Å²) in [6.07, 6.45) is -0.802. The molecule has 0 bridgehead atoms. The predicted octanol–water partition coefficient (Wildman–Crippen LogP) is 3.80. The van der Waals surface area contributed by atoms with Gasteiger partial charge in [-0.25, -0.2) is 4.98 Å². The summed E-state index contributed by atoms with van der Waals surface area (Å²) in [5.41, 5.74) is -1.40. The van der Waals surface area contributed by atoms with E-state index < -0.39 is 23.3 Å². The first-order valence-corrected chi connectivity index (χ1v) is 9.51. The lowest BCUT2D eigenvalue weighted by molar-refractivity contribution is -0.141. The van der Waals surface area contributed by atoms with E-state index in [4.69, 9.17) is 0 Å². The van der Waals surface area contributed by atoms with Crippen molar-refractivity contribution in [1.82, 2.24) is 15.6 Å². The number of halogens is 3. The van der Waals surface area contributed by atoms with Crippen molar-refractivity contribution in [1.29, 1.82) is 0 Å². The molecule has 27 heavy (non-hydrogen) atoms. The predicted molar refractivity (Wildman–Crippen MR) is 96.7 cm³/mol. The van der Waals surface area contributed by atoms with Crippen LogP contribution in [0.3, 0.4) is 0 Å². The Morgan fingerprint density at radius 1 is 1.19 bits per heavy atom. The van der Waals surface area contributed by atoms with Crippen LogP contribution in [0, 0.1) is 6.92 Å². The summed E-state index contributed by atoms with van der Waals surface area (Å²) in [4.78, 5) is 29.4. The molecule has 0 atom stereocenters. The average Bonchev–Trinajstić information content (AvgIpc) is 2.97. The van der Waals surface area contributed by atoms with Crippen molar-refractivity contribution in [2.45, 2.75) is 50.7 Å². The fraction of sp³-hybridized carbons (Fsp3) is 0.500. The summed E-state index contributed by atoms with van der Waals surface area (Å²) in [5.74, 6) is -0.693. The van der Waals surface area contributed by atoms with Gasteiger partial charge < -0.3 is 10.6 Å². The zero-order valence-corrected chi connectivity index (χ0v) is 15.8. The number of likely N-dealkylation sites (N-methyl/N-ethyl adjacent to an activating group) is 1. The third-order valence-corrected chi connectivity index (χ3v) is 6.22. The van der Waals surface area contributed by atoms with Gasteiger partial charge in [-0.2, -0.15) is 13.2 Å². The molecule has 0 unspecified atom stereocenters. The van der Waals surface area contributed by atoms with E-state index in [0.29, 0.717) is 23.8 Å². The standard InChI is InChI=1S/C18H20F3N3O2S/c1-10-11-6-7-12(18(19,20)21)23-15(11)27-13(10)14(25)24-17(16(26)22-2)8-4-3-5-9-17/h6-7H,3-5,8-9H2,1-2H3,(H,22,26)(H,24,25). The minimum Gasteiger partial charge on any atom is -0.357 e. The quantitative estimate of drug-likeness (QED) is 0.825. The Hall–Kier alpha value is -2.16. The van der Waals surface area contributed by atoms with Gasteiger partial charge in [0, 0.05) is 12.4 Å². The molecule has 1 aliphatic rings. The van der Waals surface area contributed by atoms with Crippen molar-refractivity contribution in [3.63, 3.8) is 0 Å². The van der Waals surface area contributed by atoms with Crippen molar-refractivity contribution in [2.24, 2.45) is 0 Å². The lowest BCUT2D eigenvalue weighted by Gasteiger charge is -2.36. The smallest absolute Gasteiger partial charge is 0.357 e. The van der Waals surface area contributed by atoms with Crippen molar-refractivity contribution < 1.29 is 22.8 Å². The van der Waals surface area contributed by atoms with Gasteiger partial charge in [-0.15, -0.1) is 11.3 Å². The highest BCUT2D eigenvalue weighted by Gasteiger charge is 2.41. The molecule has 0 spiro atoms. The van der Waals surface area contributed by atoms with Crippen LogP contribution in [-0.4, -0.2) is 29.4 Å². The number of nitrogens with one attached hydrogen (secondary N) is 2. The Bertz CT molecular complexity index is 886. The average molecular weight is 399 g/mol. The second-order valence-electron chi connectivity index (χ2n) is 6.78. The van der Waals surface area contributed by atoms with Gasteiger partial charge in [0.25, 0.3) is 5.91 Å². The van der Waals surface area contributed by atoms with Crippen LogP contribution in [0.5, 0.6) is 0 Å². The van der Waals surface area contributed by atoms with Crippen LogP contribution in [0.15, 0.2) is 12.1 Å². The molecular formula is C18H20F3N3O2S. The Kier molecular flexibility index (Phi) is 5.16. The van der Waals surface area contributed by atoms with Gasteiger partial charge in [-0.05, 0) is 37.5 Å². The Labute approximate surface area is 158 Å². The molecule has 2 aromatic rings. The van der Waals surface area contributed by atoms with E-state index in [1.807, 2.05) is 0 Å². The highest BCUT2D eigenvalue weighted by molar-refractivity contribution is 7.20. The summed E-state index contributed by atoms with van der Waals surface area (Å²) in [6.45, 7) is 1.68. The van der Waals surface area contributed by atoms with E-state index >= 15 is 0 Å². The van der Waals surface area contributed by atoms with Crippen molar-refractivity contribution >= 4 is 33.4 Å². The number of alkyl halides is 3. The minimum absolute atomic E-state index is 0.158. The van der Waals surface area contributed by atoms with Crippen LogP contribution >= 0.6 is 11.3 Å². The Balaban J connectivity index is 1.95. The topological polar surface area (TPSA) is 71.1 Å². The van der Waals surface area contributed by atoms with Crippen molar-refractivity contribution in [3.8, 4) is 0 Å². The fourth-order valence-corrected chi connectivity index (χ4v) is 4.63. The zero-order valence-electron chi connectivity index (χ0n) is 15.0. The van der Waals surface area contributed by atoms with Gasteiger partial charge in [-0.1, -0.05) is 19.3 Å². The Morgan fingerprint density at radius 3 is 2.44 bits per heavy atom. The third kappa shape index (κ3) is 3.65. The summed E-state index contributed by atoms with van der Waals surface area (Å²) in [5, 5.41) is 5.98. The van der Waals surface area contributed by atoms with Crippen LogP contribution in [0.25, 0.3) is 10.2 Å². The number of hydrogen-bond acceptors (Lipinski definition) is 4. The second-order valence-corrected chi connectivity index (χ2v) is 7.78. The molecule has 0 saturated heterocycles. The lowest BCUT2D eigenvalue weighted by atomic mass is 9.80. The van der Waals surface area contributed by atoms with Crippen LogP contribution < -0.4 is 10.6 Å². The SMILES string of the molecule is CNC(=O)C1(NC(=O)c2sc3nc(C(F)(F)F)ccc3c2C)CCCCC1. The zero-order chi connectivity index (χ0) is 19.8. The molecule has 1 fully saturated rings. The molecule has 1 aliphatic carbocycles.